The van der Waals surface area contributed by atoms with Crippen molar-refractivity contribution < 1.29 is 14.6 Å². The summed E-state index contributed by atoms with van der Waals surface area (Å²) in [6.07, 6.45) is 3.51. The Morgan fingerprint density at radius 3 is 2.87 bits per heavy atom. The largest absolute Gasteiger partial charge is 0.496 e. The van der Waals surface area contributed by atoms with Crippen LogP contribution >= 0.6 is 11.6 Å². The van der Waals surface area contributed by atoms with Crippen molar-refractivity contribution in [2.24, 2.45) is 0 Å². The lowest BCUT2D eigenvalue weighted by molar-refractivity contribution is 0.0693. The number of aromatic carboxylic acids is 1. The Hall–Kier alpha value is -1.48. The quantitative estimate of drug-likeness (QED) is 0.803. The minimum absolute atomic E-state index is 0.147. The number of hydrogen-bond donors (Lipinski definition) is 1. The number of hydrogen-bond acceptors (Lipinski definition) is 2. The highest BCUT2D eigenvalue weighted by Crippen LogP contribution is 2.20. The molecule has 3 nitrogen and oxygen atoms in total. The molecule has 0 atom stereocenters. The third-order valence-electron chi connectivity index (χ3n) is 1.85. The first-order valence-corrected chi connectivity index (χ1v) is 4.86. The van der Waals surface area contributed by atoms with Crippen LogP contribution in [0.1, 0.15) is 15.9 Å². The zero-order valence-corrected chi connectivity index (χ0v) is 8.99. The normalized spacial score (nSPS) is 10.5. The number of methoxy groups -OCH3 is 1. The molecule has 0 unspecified atom stereocenters. The van der Waals surface area contributed by atoms with Crippen molar-refractivity contribution in [3.05, 3.63) is 35.4 Å². The van der Waals surface area contributed by atoms with E-state index in [2.05, 4.69) is 0 Å². The molecule has 0 bridgehead atoms. The van der Waals surface area contributed by atoms with Crippen molar-refractivity contribution >= 4 is 23.6 Å². The number of carbonyl (C=O) groups is 1. The standard InChI is InChI=1S/C11H11ClO3/c1-15-10-5-4-8(3-2-6-12)7-9(10)11(13)14/h2-5,7H,6H2,1H3,(H,13,14). The fourth-order valence-electron chi connectivity index (χ4n) is 1.18. The van der Waals surface area contributed by atoms with Gasteiger partial charge in [-0.05, 0) is 17.7 Å². The fourth-order valence-corrected chi connectivity index (χ4v) is 1.27. The molecule has 1 rings (SSSR count). The summed E-state index contributed by atoms with van der Waals surface area (Å²) in [6, 6.07) is 4.94. The molecule has 0 amide bonds. The van der Waals surface area contributed by atoms with Gasteiger partial charge in [0.05, 0.1) is 7.11 Å². The van der Waals surface area contributed by atoms with E-state index in [-0.39, 0.29) is 5.56 Å². The highest BCUT2D eigenvalue weighted by Gasteiger charge is 2.10. The maximum Gasteiger partial charge on any atom is 0.339 e. The van der Waals surface area contributed by atoms with Crippen molar-refractivity contribution in [1.82, 2.24) is 0 Å². The van der Waals surface area contributed by atoms with Gasteiger partial charge in [-0.3, -0.25) is 0 Å². The molecule has 0 heterocycles. The van der Waals surface area contributed by atoms with E-state index in [0.717, 1.165) is 5.56 Å². The van der Waals surface area contributed by atoms with Gasteiger partial charge in [-0.2, -0.15) is 0 Å². The molecule has 0 radical (unpaired) electrons. The van der Waals surface area contributed by atoms with E-state index in [1.54, 1.807) is 30.4 Å². The minimum atomic E-state index is -1.01. The van der Waals surface area contributed by atoms with Crippen molar-refractivity contribution in [3.8, 4) is 5.75 Å². The third kappa shape index (κ3) is 2.99. The van der Waals surface area contributed by atoms with Crippen LogP contribution < -0.4 is 4.74 Å². The van der Waals surface area contributed by atoms with Gasteiger partial charge in [0, 0.05) is 5.88 Å². The minimum Gasteiger partial charge on any atom is -0.496 e. The van der Waals surface area contributed by atoms with Crippen LogP contribution in [0.4, 0.5) is 0 Å². The molecule has 1 aromatic rings. The number of rotatable bonds is 4. The second-order valence-electron chi connectivity index (χ2n) is 2.82. The van der Waals surface area contributed by atoms with Crippen LogP contribution in [-0.4, -0.2) is 24.1 Å². The summed E-state index contributed by atoms with van der Waals surface area (Å²) >= 11 is 5.48. The first-order valence-electron chi connectivity index (χ1n) is 4.33. The van der Waals surface area contributed by atoms with Gasteiger partial charge in [0.25, 0.3) is 0 Å². The molecular weight excluding hydrogens is 216 g/mol. The summed E-state index contributed by atoms with van der Waals surface area (Å²) in [7, 11) is 1.44. The van der Waals surface area contributed by atoms with Gasteiger partial charge in [0.15, 0.2) is 0 Å². The average Bonchev–Trinajstić information content (AvgIpc) is 2.25. The lowest BCUT2D eigenvalue weighted by Crippen LogP contribution is -2.00. The fraction of sp³-hybridized carbons (Fsp3) is 0.182. The van der Waals surface area contributed by atoms with E-state index < -0.39 is 5.97 Å². The number of halogens is 1. The van der Waals surface area contributed by atoms with Crippen LogP contribution in [0.3, 0.4) is 0 Å². The molecule has 80 valence electrons. The van der Waals surface area contributed by atoms with Gasteiger partial charge in [-0.15, -0.1) is 11.6 Å². The van der Waals surface area contributed by atoms with Gasteiger partial charge in [0.2, 0.25) is 0 Å². The Kier molecular flexibility index (Phi) is 4.18. The zero-order valence-electron chi connectivity index (χ0n) is 8.24. The molecule has 0 spiro atoms. The summed E-state index contributed by atoms with van der Waals surface area (Å²) < 4.78 is 4.94. The smallest absolute Gasteiger partial charge is 0.339 e. The molecule has 0 saturated heterocycles. The molecule has 15 heavy (non-hydrogen) atoms. The summed E-state index contributed by atoms with van der Waals surface area (Å²) in [5, 5.41) is 8.92. The summed E-state index contributed by atoms with van der Waals surface area (Å²) in [5.74, 6) is -0.257. The topological polar surface area (TPSA) is 46.5 Å². The number of ether oxygens (including phenoxy) is 1. The van der Waals surface area contributed by atoms with E-state index in [4.69, 9.17) is 21.4 Å². The Labute approximate surface area is 92.9 Å². The van der Waals surface area contributed by atoms with Gasteiger partial charge in [-0.1, -0.05) is 18.2 Å². The number of alkyl halides is 1. The summed E-state index contributed by atoms with van der Waals surface area (Å²) in [4.78, 5) is 10.9. The Morgan fingerprint density at radius 1 is 1.60 bits per heavy atom. The van der Waals surface area contributed by atoms with Gasteiger partial charge >= 0.3 is 5.97 Å². The van der Waals surface area contributed by atoms with Gasteiger partial charge in [-0.25, -0.2) is 4.79 Å². The van der Waals surface area contributed by atoms with Gasteiger partial charge < -0.3 is 9.84 Å². The van der Waals surface area contributed by atoms with E-state index in [1.807, 2.05) is 0 Å². The number of carboxylic acid groups (broad SMARTS) is 1. The number of allylic oxidation sites excluding steroid dienone is 1. The second kappa shape index (κ2) is 5.41. The molecule has 0 aromatic heterocycles. The molecule has 0 saturated carbocycles. The third-order valence-corrected chi connectivity index (χ3v) is 2.03. The molecule has 4 heteroatoms. The Morgan fingerprint density at radius 2 is 2.33 bits per heavy atom. The van der Waals surface area contributed by atoms with Crippen LogP contribution in [0.15, 0.2) is 24.3 Å². The summed E-state index contributed by atoms with van der Waals surface area (Å²) in [6.45, 7) is 0. The predicted octanol–water partition coefficient (Wildman–Crippen LogP) is 2.65. The van der Waals surface area contributed by atoms with Crippen LogP contribution in [0.2, 0.25) is 0 Å². The van der Waals surface area contributed by atoms with E-state index in [9.17, 15) is 4.79 Å². The SMILES string of the molecule is COc1ccc(C=CCCl)cc1C(=O)O. The number of benzene rings is 1. The maximum absolute atomic E-state index is 10.9. The van der Waals surface area contributed by atoms with E-state index in [0.29, 0.717) is 11.6 Å². The molecule has 1 N–H and O–H groups in total. The average molecular weight is 227 g/mol. The van der Waals surface area contributed by atoms with E-state index in [1.165, 1.54) is 7.11 Å². The van der Waals surface area contributed by atoms with Crippen LogP contribution in [0.25, 0.3) is 6.08 Å². The highest BCUT2D eigenvalue weighted by molar-refractivity contribution is 6.19. The maximum atomic E-state index is 10.9. The first kappa shape index (κ1) is 11.6. The molecular formula is C11H11ClO3. The lowest BCUT2D eigenvalue weighted by Gasteiger charge is -2.05. The molecule has 1 aromatic carbocycles. The second-order valence-corrected chi connectivity index (χ2v) is 3.13. The molecule has 0 aliphatic carbocycles. The zero-order chi connectivity index (χ0) is 11.3. The lowest BCUT2D eigenvalue weighted by atomic mass is 10.1. The van der Waals surface area contributed by atoms with Crippen molar-refractivity contribution in [3.63, 3.8) is 0 Å². The predicted molar refractivity (Wildman–Crippen MR) is 59.7 cm³/mol. The van der Waals surface area contributed by atoms with Crippen LogP contribution in [-0.2, 0) is 0 Å². The van der Waals surface area contributed by atoms with Crippen molar-refractivity contribution in [2.75, 3.05) is 13.0 Å². The summed E-state index contributed by atoms with van der Waals surface area (Å²) in [5.41, 5.74) is 0.933. The van der Waals surface area contributed by atoms with Crippen LogP contribution in [0, 0.1) is 0 Å². The van der Waals surface area contributed by atoms with E-state index >= 15 is 0 Å². The monoisotopic (exact) mass is 226 g/mol. The highest BCUT2D eigenvalue weighted by atomic mass is 35.5. The van der Waals surface area contributed by atoms with Crippen molar-refractivity contribution in [2.45, 2.75) is 0 Å². The van der Waals surface area contributed by atoms with Crippen LogP contribution in [0.5, 0.6) is 5.75 Å². The number of carboxylic acids is 1. The van der Waals surface area contributed by atoms with Gasteiger partial charge in [0.1, 0.15) is 11.3 Å². The molecule has 0 aliphatic rings. The molecule has 0 fully saturated rings. The Bertz CT molecular complexity index is 385. The molecule has 0 aliphatic heterocycles. The Balaban J connectivity index is 3.10. The first-order chi connectivity index (χ1) is 7.19. The van der Waals surface area contributed by atoms with Crippen molar-refractivity contribution in [1.29, 1.82) is 0 Å².